The molecule has 1 heterocycles. The number of morpholine rings is 1. The second kappa shape index (κ2) is 8.06. The third-order valence-corrected chi connectivity index (χ3v) is 5.60. The average Bonchev–Trinajstić information content (AvgIpc) is 2.48. The summed E-state index contributed by atoms with van der Waals surface area (Å²) in [6.07, 6.45) is 0.876. The van der Waals surface area contributed by atoms with E-state index in [0.717, 1.165) is 32.8 Å². The van der Waals surface area contributed by atoms with Gasteiger partial charge in [-0.05, 0) is 39.2 Å². The second-order valence-corrected chi connectivity index (χ2v) is 8.15. The first-order valence-electron chi connectivity index (χ1n) is 7.74. The van der Waals surface area contributed by atoms with Crippen LogP contribution in [-0.4, -0.2) is 77.0 Å². The summed E-state index contributed by atoms with van der Waals surface area (Å²) in [6.45, 7) is 4.20. The lowest BCUT2D eigenvalue weighted by molar-refractivity contribution is -0.0378. The maximum Gasteiger partial charge on any atom is 0.178 e. The highest BCUT2D eigenvalue weighted by molar-refractivity contribution is 7.91. The number of hydrogen-bond acceptors (Lipinski definition) is 5. The molecule has 0 spiro atoms. The van der Waals surface area contributed by atoms with E-state index in [1.165, 1.54) is 0 Å². The normalized spacial score (nSPS) is 20.4. The van der Waals surface area contributed by atoms with Gasteiger partial charge in [0.05, 0.1) is 23.4 Å². The molecule has 22 heavy (non-hydrogen) atoms. The number of benzene rings is 1. The topological polar surface area (TPSA) is 49.9 Å². The Labute approximate surface area is 133 Å². The Morgan fingerprint density at radius 3 is 2.68 bits per heavy atom. The Hall–Kier alpha value is -0.950. The molecule has 1 aromatic carbocycles. The van der Waals surface area contributed by atoms with Crippen molar-refractivity contribution >= 4 is 9.84 Å². The zero-order valence-electron chi connectivity index (χ0n) is 13.4. The van der Waals surface area contributed by atoms with E-state index in [0.29, 0.717) is 11.3 Å². The lowest BCUT2D eigenvalue weighted by atomic mass is 10.2. The smallest absolute Gasteiger partial charge is 0.178 e. The Morgan fingerprint density at radius 2 is 2.00 bits per heavy atom. The van der Waals surface area contributed by atoms with Gasteiger partial charge in [-0.1, -0.05) is 18.2 Å². The maximum atomic E-state index is 12.2. The number of rotatable bonds is 7. The zero-order chi connectivity index (χ0) is 16.0. The van der Waals surface area contributed by atoms with E-state index < -0.39 is 9.84 Å². The van der Waals surface area contributed by atoms with Gasteiger partial charge in [0.25, 0.3) is 0 Å². The van der Waals surface area contributed by atoms with Gasteiger partial charge in [-0.3, -0.25) is 4.90 Å². The minimum atomic E-state index is -3.16. The molecule has 1 fully saturated rings. The first-order valence-corrected chi connectivity index (χ1v) is 9.39. The molecular weight excluding hydrogens is 300 g/mol. The molecule has 1 aliphatic rings. The van der Waals surface area contributed by atoms with Gasteiger partial charge in [0, 0.05) is 19.6 Å². The van der Waals surface area contributed by atoms with Crippen LogP contribution in [0.15, 0.2) is 35.2 Å². The van der Waals surface area contributed by atoms with Gasteiger partial charge in [-0.2, -0.15) is 0 Å². The first kappa shape index (κ1) is 17.4. The van der Waals surface area contributed by atoms with Gasteiger partial charge >= 0.3 is 0 Å². The van der Waals surface area contributed by atoms with Crippen LogP contribution >= 0.6 is 0 Å². The zero-order valence-corrected chi connectivity index (χ0v) is 14.3. The molecule has 0 aromatic heterocycles. The van der Waals surface area contributed by atoms with Crippen LogP contribution in [-0.2, 0) is 14.6 Å². The molecule has 1 aliphatic heterocycles. The number of ether oxygens (including phenoxy) is 1. The molecule has 0 saturated carbocycles. The summed E-state index contributed by atoms with van der Waals surface area (Å²) in [5, 5.41) is 0. The largest absolute Gasteiger partial charge is 0.374 e. The van der Waals surface area contributed by atoms with Crippen molar-refractivity contribution in [1.29, 1.82) is 0 Å². The molecule has 2 rings (SSSR count). The summed E-state index contributed by atoms with van der Waals surface area (Å²) < 4.78 is 30.2. The molecule has 0 N–H and O–H groups in total. The molecule has 6 heteroatoms. The minimum absolute atomic E-state index is 0.201. The fourth-order valence-corrected chi connectivity index (χ4v) is 4.04. The average molecular weight is 326 g/mol. The Morgan fingerprint density at radius 1 is 1.27 bits per heavy atom. The van der Waals surface area contributed by atoms with Gasteiger partial charge < -0.3 is 9.64 Å². The van der Waals surface area contributed by atoms with Crippen LogP contribution in [0.5, 0.6) is 0 Å². The van der Waals surface area contributed by atoms with E-state index in [9.17, 15) is 8.42 Å². The van der Waals surface area contributed by atoms with Gasteiger partial charge in [0.1, 0.15) is 0 Å². The Kier molecular flexibility index (Phi) is 6.37. The molecule has 0 radical (unpaired) electrons. The molecule has 124 valence electrons. The van der Waals surface area contributed by atoms with Gasteiger partial charge in [-0.15, -0.1) is 0 Å². The fraction of sp³-hybridized carbons (Fsp3) is 0.625. The van der Waals surface area contributed by atoms with E-state index >= 15 is 0 Å². The van der Waals surface area contributed by atoms with E-state index in [1.54, 1.807) is 24.3 Å². The molecule has 1 saturated heterocycles. The van der Waals surface area contributed by atoms with Crippen molar-refractivity contribution in [2.75, 3.05) is 52.6 Å². The number of sulfone groups is 1. The van der Waals surface area contributed by atoms with Crippen molar-refractivity contribution < 1.29 is 13.2 Å². The first-order chi connectivity index (χ1) is 10.5. The highest BCUT2D eigenvalue weighted by atomic mass is 32.2. The van der Waals surface area contributed by atoms with E-state index in [1.807, 2.05) is 20.2 Å². The van der Waals surface area contributed by atoms with Gasteiger partial charge in [0.2, 0.25) is 0 Å². The van der Waals surface area contributed by atoms with Gasteiger partial charge in [0.15, 0.2) is 9.84 Å². The van der Waals surface area contributed by atoms with Crippen LogP contribution in [0.25, 0.3) is 0 Å². The Balaban J connectivity index is 1.78. The number of likely N-dealkylation sites (N-methyl/N-ethyl adjacent to an activating group) is 1. The number of hydrogen-bond donors (Lipinski definition) is 0. The molecule has 0 amide bonds. The predicted molar refractivity (Wildman–Crippen MR) is 87.8 cm³/mol. The molecular formula is C16H26N2O3S. The van der Waals surface area contributed by atoms with E-state index in [2.05, 4.69) is 9.80 Å². The molecule has 0 unspecified atom stereocenters. The van der Waals surface area contributed by atoms with Crippen LogP contribution in [0.2, 0.25) is 0 Å². The quantitative estimate of drug-likeness (QED) is 0.751. The van der Waals surface area contributed by atoms with Crippen molar-refractivity contribution in [3.63, 3.8) is 0 Å². The van der Waals surface area contributed by atoms with E-state index in [-0.39, 0.29) is 11.9 Å². The summed E-state index contributed by atoms with van der Waals surface area (Å²) in [5.74, 6) is 0.201. The predicted octanol–water partition coefficient (Wildman–Crippen LogP) is 1.11. The minimum Gasteiger partial charge on any atom is -0.374 e. The highest BCUT2D eigenvalue weighted by Gasteiger charge is 2.21. The lowest BCUT2D eigenvalue weighted by Gasteiger charge is -2.34. The van der Waals surface area contributed by atoms with Crippen molar-refractivity contribution in [3.8, 4) is 0 Å². The van der Waals surface area contributed by atoms with Crippen LogP contribution in [0, 0.1) is 0 Å². The van der Waals surface area contributed by atoms with Crippen LogP contribution in [0.4, 0.5) is 0 Å². The molecule has 5 nitrogen and oxygen atoms in total. The fourth-order valence-electron chi connectivity index (χ4n) is 2.73. The summed E-state index contributed by atoms with van der Waals surface area (Å²) >= 11 is 0. The second-order valence-electron chi connectivity index (χ2n) is 6.04. The number of nitrogens with zero attached hydrogens (tertiary/aromatic N) is 2. The summed E-state index contributed by atoms with van der Waals surface area (Å²) in [7, 11) is 0.913. The third kappa shape index (κ3) is 5.35. The van der Waals surface area contributed by atoms with Crippen LogP contribution < -0.4 is 0 Å². The Bertz CT molecular complexity index is 546. The molecule has 1 aromatic rings. The maximum absolute atomic E-state index is 12.2. The summed E-state index contributed by atoms with van der Waals surface area (Å²) in [4.78, 5) is 4.84. The summed E-state index contributed by atoms with van der Waals surface area (Å²) in [5.41, 5.74) is 0. The van der Waals surface area contributed by atoms with Crippen LogP contribution in [0.1, 0.15) is 6.42 Å². The van der Waals surface area contributed by atoms with Crippen LogP contribution in [0.3, 0.4) is 0 Å². The monoisotopic (exact) mass is 326 g/mol. The highest BCUT2D eigenvalue weighted by Crippen LogP contribution is 2.12. The summed E-state index contributed by atoms with van der Waals surface area (Å²) in [6, 6.07) is 8.69. The van der Waals surface area contributed by atoms with Crippen molar-refractivity contribution in [1.82, 2.24) is 9.80 Å². The lowest BCUT2D eigenvalue weighted by Crippen LogP contribution is -2.46. The third-order valence-electron chi connectivity index (χ3n) is 3.78. The van der Waals surface area contributed by atoms with Crippen molar-refractivity contribution in [3.05, 3.63) is 30.3 Å². The molecule has 0 bridgehead atoms. The van der Waals surface area contributed by atoms with Gasteiger partial charge in [-0.25, -0.2) is 8.42 Å². The molecule has 0 aliphatic carbocycles. The SMILES string of the molecule is CN(C)C[C@H]1CN(CCCS(=O)(=O)c2ccccc2)CCO1. The standard InChI is InChI=1S/C16H26N2O3S/c1-17(2)13-15-14-18(10-11-21-15)9-6-12-22(19,20)16-7-4-3-5-8-16/h3-5,7-8,15H,6,9-14H2,1-2H3/t15-/m0/s1. The molecule has 1 atom stereocenters. The van der Waals surface area contributed by atoms with Crippen molar-refractivity contribution in [2.24, 2.45) is 0 Å². The van der Waals surface area contributed by atoms with E-state index in [4.69, 9.17) is 4.74 Å². The van der Waals surface area contributed by atoms with Crippen molar-refractivity contribution in [2.45, 2.75) is 17.4 Å².